The molecule has 3 nitrogen and oxygen atoms in total. The third-order valence-corrected chi connectivity index (χ3v) is 2.48. The van der Waals surface area contributed by atoms with Gasteiger partial charge in [-0.2, -0.15) is 0 Å². The minimum Gasteiger partial charge on any atom is -0.481 e. The van der Waals surface area contributed by atoms with Crippen molar-refractivity contribution < 1.29 is 18.7 Å². The van der Waals surface area contributed by atoms with Gasteiger partial charge < -0.3 is 10.8 Å². The van der Waals surface area contributed by atoms with E-state index in [1.807, 2.05) is 0 Å². The van der Waals surface area contributed by atoms with Crippen molar-refractivity contribution in [3.63, 3.8) is 0 Å². The zero-order valence-corrected chi connectivity index (χ0v) is 9.71. The Hall–Kier alpha value is -1.49. The van der Waals surface area contributed by atoms with Gasteiger partial charge in [-0.15, -0.1) is 0 Å². The molecular formula is C12H15F2NO2. The molecule has 0 saturated heterocycles. The van der Waals surface area contributed by atoms with E-state index in [1.165, 1.54) is 26.0 Å². The van der Waals surface area contributed by atoms with Crippen molar-refractivity contribution >= 4 is 5.97 Å². The molecule has 0 saturated carbocycles. The fourth-order valence-corrected chi connectivity index (χ4v) is 1.50. The molecule has 94 valence electrons. The summed E-state index contributed by atoms with van der Waals surface area (Å²) in [5.74, 6) is -1.74. The van der Waals surface area contributed by atoms with Gasteiger partial charge in [0.05, 0.1) is 6.42 Å². The fourth-order valence-electron chi connectivity index (χ4n) is 1.50. The van der Waals surface area contributed by atoms with Crippen molar-refractivity contribution in [2.24, 2.45) is 5.73 Å². The Labute approximate surface area is 98.2 Å². The average molecular weight is 243 g/mol. The number of alkyl halides is 1. The highest BCUT2D eigenvalue weighted by Gasteiger charge is 2.22. The molecule has 0 bridgehead atoms. The molecule has 1 aromatic carbocycles. The number of hydrogen-bond acceptors (Lipinski definition) is 2. The Morgan fingerprint density at radius 1 is 1.53 bits per heavy atom. The van der Waals surface area contributed by atoms with Crippen LogP contribution >= 0.6 is 0 Å². The van der Waals surface area contributed by atoms with Crippen LogP contribution in [0.15, 0.2) is 18.2 Å². The molecule has 3 N–H and O–H groups in total. The summed E-state index contributed by atoms with van der Waals surface area (Å²) < 4.78 is 27.1. The molecule has 1 atom stereocenters. The molecule has 0 spiro atoms. The van der Waals surface area contributed by atoms with E-state index in [4.69, 9.17) is 10.8 Å². The van der Waals surface area contributed by atoms with E-state index in [1.54, 1.807) is 0 Å². The van der Waals surface area contributed by atoms with E-state index in [0.29, 0.717) is 0 Å². The van der Waals surface area contributed by atoms with Gasteiger partial charge in [0.1, 0.15) is 11.5 Å². The first kappa shape index (κ1) is 13.6. The molecule has 1 aromatic rings. The smallest absolute Gasteiger partial charge is 0.305 e. The molecule has 17 heavy (non-hydrogen) atoms. The first-order valence-electron chi connectivity index (χ1n) is 5.18. The van der Waals surface area contributed by atoms with Crippen molar-refractivity contribution in [2.45, 2.75) is 32.0 Å². The van der Waals surface area contributed by atoms with Crippen LogP contribution in [0, 0.1) is 5.82 Å². The number of carboxylic acids is 1. The third-order valence-electron chi connectivity index (χ3n) is 2.48. The molecule has 0 amide bonds. The molecule has 0 aliphatic carbocycles. The number of rotatable bonds is 4. The van der Waals surface area contributed by atoms with Gasteiger partial charge in [-0.05, 0) is 31.5 Å². The summed E-state index contributed by atoms with van der Waals surface area (Å²) in [6, 6.07) is 2.73. The van der Waals surface area contributed by atoms with Crippen molar-refractivity contribution in [1.29, 1.82) is 0 Å². The Kier molecular flexibility index (Phi) is 3.83. The monoisotopic (exact) mass is 243 g/mol. The molecule has 0 aliphatic heterocycles. The zero-order valence-electron chi connectivity index (χ0n) is 9.71. The van der Waals surface area contributed by atoms with Crippen molar-refractivity contribution in [2.75, 3.05) is 0 Å². The van der Waals surface area contributed by atoms with E-state index in [2.05, 4.69) is 0 Å². The zero-order chi connectivity index (χ0) is 13.2. The lowest BCUT2D eigenvalue weighted by Crippen LogP contribution is -2.18. The van der Waals surface area contributed by atoms with Crippen LogP contribution in [0.5, 0.6) is 0 Å². The Morgan fingerprint density at radius 3 is 2.59 bits per heavy atom. The lowest BCUT2D eigenvalue weighted by Gasteiger charge is -2.18. The molecule has 5 heteroatoms. The summed E-state index contributed by atoms with van der Waals surface area (Å²) in [5, 5.41) is 8.59. The van der Waals surface area contributed by atoms with Gasteiger partial charge in [-0.3, -0.25) is 4.79 Å². The predicted octanol–water partition coefficient (Wildman–Crippen LogP) is 2.50. The summed E-state index contributed by atoms with van der Waals surface area (Å²) >= 11 is 0. The second kappa shape index (κ2) is 4.79. The van der Waals surface area contributed by atoms with Crippen LogP contribution in [0.3, 0.4) is 0 Å². The maximum Gasteiger partial charge on any atom is 0.305 e. The van der Waals surface area contributed by atoms with Gasteiger partial charge in [0, 0.05) is 11.6 Å². The molecule has 0 heterocycles. The van der Waals surface area contributed by atoms with Crippen LogP contribution in [-0.4, -0.2) is 11.1 Å². The minimum atomic E-state index is -1.62. The highest BCUT2D eigenvalue weighted by Crippen LogP contribution is 2.28. The number of halogens is 2. The fraction of sp³-hybridized carbons (Fsp3) is 0.417. The maximum absolute atomic E-state index is 13.7. The number of hydrogen-bond donors (Lipinski definition) is 2. The van der Waals surface area contributed by atoms with Crippen molar-refractivity contribution in [1.82, 2.24) is 0 Å². The average Bonchev–Trinajstić information content (AvgIpc) is 2.15. The summed E-state index contributed by atoms with van der Waals surface area (Å²) in [6.07, 6.45) is -0.396. The molecule has 1 rings (SSSR count). The second-order valence-corrected chi connectivity index (χ2v) is 4.41. The molecule has 0 aromatic heterocycles. The van der Waals surface area contributed by atoms with E-state index < -0.39 is 29.9 Å². The molecule has 0 fully saturated rings. The van der Waals surface area contributed by atoms with Crippen LogP contribution in [0.4, 0.5) is 8.78 Å². The molecular weight excluding hydrogens is 228 g/mol. The topological polar surface area (TPSA) is 63.3 Å². The Bertz CT molecular complexity index is 427. The van der Waals surface area contributed by atoms with Gasteiger partial charge in [0.15, 0.2) is 0 Å². The largest absolute Gasteiger partial charge is 0.481 e. The van der Waals surface area contributed by atoms with Gasteiger partial charge in [-0.25, -0.2) is 8.78 Å². The SMILES string of the molecule is CC(C)(F)c1ccc(F)c(C(N)CC(=O)O)c1. The van der Waals surface area contributed by atoms with Crippen LogP contribution in [0.1, 0.15) is 37.4 Å². The quantitative estimate of drug-likeness (QED) is 0.854. The number of nitrogens with two attached hydrogens (primary N) is 1. The van der Waals surface area contributed by atoms with Crippen molar-refractivity contribution in [3.05, 3.63) is 35.1 Å². The number of benzene rings is 1. The van der Waals surface area contributed by atoms with Gasteiger partial charge in [-0.1, -0.05) is 6.07 Å². The van der Waals surface area contributed by atoms with Crippen molar-refractivity contribution in [3.8, 4) is 0 Å². The van der Waals surface area contributed by atoms with E-state index in [9.17, 15) is 13.6 Å². The van der Waals surface area contributed by atoms with Gasteiger partial charge >= 0.3 is 5.97 Å². The van der Waals surface area contributed by atoms with Crippen LogP contribution < -0.4 is 5.73 Å². The maximum atomic E-state index is 13.7. The molecule has 0 aliphatic rings. The Morgan fingerprint density at radius 2 is 2.12 bits per heavy atom. The summed E-state index contributed by atoms with van der Waals surface area (Å²) in [6.45, 7) is 2.68. The summed E-state index contributed by atoms with van der Waals surface area (Å²) in [4.78, 5) is 10.5. The predicted molar refractivity (Wildman–Crippen MR) is 59.7 cm³/mol. The lowest BCUT2D eigenvalue weighted by molar-refractivity contribution is -0.137. The highest BCUT2D eigenvalue weighted by atomic mass is 19.1. The summed E-state index contributed by atoms with van der Waals surface area (Å²) in [5.41, 5.74) is 4.24. The van der Waals surface area contributed by atoms with Gasteiger partial charge in [0.25, 0.3) is 0 Å². The number of aliphatic carboxylic acids is 1. The second-order valence-electron chi connectivity index (χ2n) is 4.41. The first-order valence-corrected chi connectivity index (χ1v) is 5.18. The van der Waals surface area contributed by atoms with Crippen LogP contribution in [0.25, 0.3) is 0 Å². The van der Waals surface area contributed by atoms with Gasteiger partial charge in [0.2, 0.25) is 0 Å². The third kappa shape index (κ3) is 3.49. The number of carbonyl (C=O) groups is 1. The van der Waals surface area contributed by atoms with Crippen LogP contribution in [0.2, 0.25) is 0 Å². The van der Waals surface area contributed by atoms with E-state index >= 15 is 0 Å². The van der Waals surface area contributed by atoms with Crippen LogP contribution in [-0.2, 0) is 10.5 Å². The molecule has 1 unspecified atom stereocenters. The normalized spacial score (nSPS) is 13.5. The highest BCUT2D eigenvalue weighted by molar-refractivity contribution is 5.67. The number of carboxylic acid groups (broad SMARTS) is 1. The minimum absolute atomic E-state index is 0.0237. The summed E-state index contributed by atoms with van der Waals surface area (Å²) in [7, 11) is 0. The van der Waals surface area contributed by atoms with E-state index in [0.717, 1.165) is 6.07 Å². The Balaban J connectivity index is 3.10. The first-order chi connectivity index (χ1) is 7.71. The lowest BCUT2D eigenvalue weighted by atomic mass is 9.94. The van der Waals surface area contributed by atoms with E-state index in [-0.39, 0.29) is 11.1 Å². The standard InChI is InChI=1S/C12H15F2NO2/c1-12(2,14)7-3-4-9(13)8(5-7)10(15)6-11(16)17/h3-5,10H,6,15H2,1-2H3,(H,16,17). The molecule has 0 radical (unpaired) electrons.